The number of carbonyl (C=O) groups excluding carboxylic acids is 1. The van der Waals surface area contributed by atoms with Crippen LogP contribution in [0.2, 0.25) is 0 Å². The number of nitrogens with zero attached hydrogens (tertiary/aromatic N) is 2. The average Bonchev–Trinajstić information content (AvgIpc) is 2.58. The topological polar surface area (TPSA) is 41.9 Å². The van der Waals surface area contributed by atoms with Crippen molar-refractivity contribution in [3.8, 4) is 0 Å². The van der Waals surface area contributed by atoms with E-state index in [0.717, 1.165) is 56.8 Å². The van der Waals surface area contributed by atoms with E-state index in [0.29, 0.717) is 18.9 Å². The van der Waals surface area contributed by atoms with Gasteiger partial charge in [0.25, 0.3) is 0 Å². The van der Waals surface area contributed by atoms with E-state index >= 15 is 0 Å². The van der Waals surface area contributed by atoms with Crippen molar-refractivity contribution in [1.82, 2.24) is 4.90 Å². The summed E-state index contributed by atoms with van der Waals surface area (Å²) >= 11 is 0. The molecule has 0 saturated carbocycles. The molecule has 0 N–H and O–H groups in total. The first-order valence-electron chi connectivity index (χ1n) is 9.50. The quantitative estimate of drug-likeness (QED) is 0.363. The molecule has 1 heterocycles. The van der Waals surface area contributed by atoms with Crippen LogP contribution < -0.4 is 0 Å². The zero-order valence-corrected chi connectivity index (χ0v) is 16.7. The zero-order valence-electron chi connectivity index (χ0n) is 16.7. The highest BCUT2D eigenvalue weighted by Gasteiger charge is 2.19. The lowest BCUT2D eigenvalue weighted by atomic mass is 9.99. The molecule has 0 spiro atoms. The maximum Gasteiger partial charge on any atom is 0.222 e. The van der Waals surface area contributed by atoms with Crippen LogP contribution in [0.15, 0.2) is 5.16 Å². The highest BCUT2D eigenvalue weighted by Crippen LogP contribution is 2.17. The van der Waals surface area contributed by atoms with Crippen molar-refractivity contribution in [2.75, 3.05) is 19.7 Å². The number of unbranched alkanes of at least 4 members (excludes halogenated alkanes) is 2. The van der Waals surface area contributed by atoms with Crippen LogP contribution in [-0.2, 0) is 9.63 Å². The van der Waals surface area contributed by atoms with Gasteiger partial charge >= 0.3 is 0 Å². The van der Waals surface area contributed by atoms with Crippen molar-refractivity contribution in [3.63, 3.8) is 0 Å². The number of carbonyl (C=O) groups is 1. The summed E-state index contributed by atoms with van der Waals surface area (Å²) in [4.78, 5) is 19.1. The van der Waals surface area contributed by atoms with Crippen LogP contribution in [0.3, 0.4) is 0 Å². The second-order valence-electron chi connectivity index (χ2n) is 5.75. The lowest BCUT2D eigenvalue weighted by Gasteiger charge is -2.30. The van der Waals surface area contributed by atoms with Crippen molar-refractivity contribution in [1.29, 1.82) is 0 Å². The standard InChI is InChI=1S/C15H28N2O2.2C2H6/c1-13(2)16-19-12-6-4-5-7-15(18)17-10-8-14(3)9-11-17;2*1-2/h14H,4-12H2,1-3H3;2*1-2H3. The van der Waals surface area contributed by atoms with Gasteiger partial charge in [-0.15, -0.1) is 0 Å². The molecule has 0 aromatic rings. The van der Waals surface area contributed by atoms with Crippen LogP contribution in [0.1, 0.15) is 87.0 Å². The first-order valence-corrected chi connectivity index (χ1v) is 9.50. The van der Waals surface area contributed by atoms with Crippen molar-refractivity contribution in [2.24, 2.45) is 11.1 Å². The summed E-state index contributed by atoms with van der Waals surface area (Å²) in [6.45, 7) is 16.7. The number of hydrogen-bond donors (Lipinski definition) is 0. The predicted octanol–water partition coefficient (Wildman–Crippen LogP) is 5.27. The largest absolute Gasteiger partial charge is 0.396 e. The highest BCUT2D eigenvalue weighted by molar-refractivity contribution is 5.78. The molecule has 0 aromatic carbocycles. The molecule has 0 aliphatic carbocycles. The van der Waals surface area contributed by atoms with E-state index in [-0.39, 0.29) is 0 Å². The lowest BCUT2D eigenvalue weighted by molar-refractivity contribution is -0.132. The summed E-state index contributed by atoms with van der Waals surface area (Å²) in [5.41, 5.74) is 0.939. The third-order valence-electron chi connectivity index (χ3n) is 3.51. The fourth-order valence-electron chi connectivity index (χ4n) is 2.21. The Labute approximate surface area is 144 Å². The first kappa shape index (κ1) is 24.2. The van der Waals surface area contributed by atoms with E-state index in [1.165, 1.54) is 0 Å². The van der Waals surface area contributed by atoms with Crippen molar-refractivity contribution < 1.29 is 9.63 Å². The second kappa shape index (κ2) is 17.3. The molecule has 1 aliphatic heterocycles. The number of likely N-dealkylation sites (tertiary alicyclic amines) is 1. The summed E-state index contributed by atoms with van der Waals surface area (Å²) in [6, 6.07) is 0. The Morgan fingerprint density at radius 1 is 1.04 bits per heavy atom. The Kier molecular flexibility index (Phi) is 18.2. The first-order chi connectivity index (χ1) is 11.1. The average molecular weight is 329 g/mol. The van der Waals surface area contributed by atoms with E-state index in [9.17, 15) is 4.79 Å². The molecule has 0 aromatic heterocycles. The van der Waals surface area contributed by atoms with Crippen LogP contribution in [0, 0.1) is 5.92 Å². The minimum Gasteiger partial charge on any atom is -0.396 e. The molecule has 1 fully saturated rings. The van der Waals surface area contributed by atoms with Crippen molar-refractivity contribution in [3.05, 3.63) is 0 Å². The van der Waals surface area contributed by atoms with E-state index in [1.807, 2.05) is 46.4 Å². The van der Waals surface area contributed by atoms with Gasteiger partial charge in [0.05, 0.1) is 5.71 Å². The van der Waals surface area contributed by atoms with Crippen molar-refractivity contribution >= 4 is 11.6 Å². The van der Waals surface area contributed by atoms with E-state index in [4.69, 9.17) is 4.84 Å². The molecule has 4 heteroatoms. The normalized spacial score (nSPS) is 14.0. The molecule has 0 radical (unpaired) electrons. The van der Waals surface area contributed by atoms with Crippen LogP contribution in [0.4, 0.5) is 0 Å². The summed E-state index contributed by atoms with van der Waals surface area (Å²) in [6.07, 6.45) is 5.98. The molecule has 4 nitrogen and oxygen atoms in total. The minimum atomic E-state index is 0.329. The summed E-state index contributed by atoms with van der Waals surface area (Å²) in [5, 5.41) is 3.88. The van der Waals surface area contributed by atoms with E-state index < -0.39 is 0 Å². The molecule has 23 heavy (non-hydrogen) atoms. The molecule has 0 atom stereocenters. The second-order valence-corrected chi connectivity index (χ2v) is 5.75. The molecule has 138 valence electrons. The van der Waals surface area contributed by atoms with Crippen molar-refractivity contribution in [2.45, 2.75) is 87.0 Å². The van der Waals surface area contributed by atoms with Crippen LogP contribution in [-0.4, -0.2) is 36.2 Å². The molecule has 1 rings (SSSR count). The van der Waals surface area contributed by atoms with E-state index in [2.05, 4.69) is 12.1 Å². The van der Waals surface area contributed by atoms with Gasteiger partial charge in [-0.1, -0.05) is 39.8 Å². The van der Waals surface area contributed by atoms with Gasteiger partial charge in [-0.2, -0.15) is 0 Å². The van der Waals surface area contributed by atoms with Gasteiger partial charge in [0.15, 0.2) is 0 Å². The number of oxime groups is 1. The van der Waals surface area contributed by atoms with Crippen LogP contribution in [0.5, 0.6) is 0 Å². The zero-order chi connectivity index (χ0) is 18.1. The molecule has 1 saturated heterocycles. The SMILES string of the molecule is CC.CC.CC(C)=NOCCCCCC(=O)N1CCC(C)CC1. The van der Waals surface area contributed by atoms with Crippen LogP contribution in [0.25, 0.3) is 0 Å². The molecule has 0 bridgehead atoms. The number of piperidine rings is 1. The minimum absolute atomic E-state index is 0.329. The summed E-state index contributed by atoms with van der Waals surface area (Å²) in [5.74, 6) is 1.11. The molecule has 1 aliphatic rings. The molecular weight excluding hydrogens is 288 g/mol. The number of rotatable bonds is 7. The maximum absolute atomic E-state index is 12.0. The third-order valence-corrected chi connectivity index (χ3v) is 3.51. The fraction of sp³-hybridized carbons (Fsp3) is 0.895. The summed E-state index contributed by atoms with van der Waals surface area (Å²) < 4.78 is 0. The van der Waals surface area contributed by atoms with Gasteiger partial charge in [0.1, 0.15) is 6.61 Å². The Hall–Kier alpha value is -1.06. The predicted molar refractivity (Wildman–Crippen MR) is 101 cm³/mol. The van der Waals surface area contributed by atoms with Crippen LogP contribution >= 0.6 is 0 Å². The van der Waals surface area contributed by atoms with Gasteiger partial charge in [-0.25, -0.2) is 0 Å². The lowest BCUT2D eigenvalue weighted by Crippen LogP contribution is -2.37. The molecule has 1 amide bonds. The Morgan fingerprint density at radius 2 is 1.61 bits per heavy atom. The van der Waals surface area contributed by atoms with Gasteiger partial charge in [0, 0.05) is 19.5 Å². The van der Waals surface area contributed by atoms with Gasteiger partial charge in [0.2, 0.25) is 5.91 Å². The Balaban J connectivity index is 0. The smallest absolute Gasteiger partial charge is 0.222 e. The monoisotopic (exact) mass is 328 g/mol. The van der Waals surface area contributed by atoms with E-state index in [1.54, 1.807) is 0 Å². The Morgan fingerprint density at radius 3 is 2.13 bits per heavy atom. The Bertz CT molecular complexity index is 292. The molecular formula is C19H40N2O2. The summed E-state index contributed by atoms with van der Waals surface area (Å²) in [7, 11) is 0. The van der Waals surface area contributed by atoms with Gasteiger partial charge in [-0.3, -0.25) is 4.79 Å². The van der Waals surface area contributed by atoms with Gasteiger partial charge < -0.3 is 9.74 Å². The fourth-order valence-corrected chi connectivity index (χ4v) is 2.21. The number of amides is 1. The maximum atomic E-state index is 12.0. The highest BCUT2D eigenvalue weighted by atomic mass is 16.6. The number of hydrogen-bond acceptors (Lipinski definition) is 3. The molecule has 0 unspecified atom stereocenters. The third kappa shape index (κ3) is 14.3. The van der Waals surface area contributed by atoms with Gasteiger partial charge in [-0.05, 0) is 51.9 Å².